The molecule has 5 heteroatoms. The molecule has 0 saturated heterocycles. The van der Waals surface area contributed by atoms with Gasteiger partial charge in [-0.2, -0.15) is 0 Å². The number of carbonyl (C=O) groups is 2. The van der Waals surface area contributed by atoms with E-state index in [1.54, 1.807) is 29.2 Å². The van der Waals surface area contributed by atoms with Crippen molar-refractivity contribution in [3.05, 3.63) is 101 Å². The number of nitrogens with one attached hydrogen (secondary N) is 1. The minimum Gasteiger partial charge on any atom is -0.354 e. The number of hydrogen-bond donors (Lipinski definition) is 1. The molecule has 0 heterocycles. The Labute approximate surface area is 182 Å². The van der Waals surface area contributed by atoms with Gasteiger partial charge in [0.05, 0.1) is 13.0 Å². The maximum Gasteiger partial charge on any atom is 0.258 e. The van der Waals surface area contributed by atoms with Gasteiger partial charge in [-0.1, -0.05) is 54.1 Å². The van der Waals surface area contributed by atoms with Crippen molar-refractivity contribution in [2.24, 2.45) is 0 Å². The van der Waals surface area contributed by atoms with E-state index in [-0.39, 0.29) is 24.3 Å². The van der Waals surface area contributed by atoms with Gasteiger partial charge in [0.2, 0.25) is 5.91 Å². The van der Waals surface area contributed by atoms with Gasteiger partial charge in [0.25, 0.3) is 5.91 Å². The molecular weight excluding hydrogens is 396 g/mol. The van der Waals surface area contributed by atoms with Crippen LogP contribution in [0.5, 0.6) is 0 Å². The van der Waals surface area contributed by atoms with E-state index in [1.165, 1.54) is 0 Å². The first-order chi connectivity index (χ1) is 14.4. The van der Waals surface area contributed by atoms with Crippen LogP contribution in [0.25, 0.3) is 0 Å². The number of amides is 2. The Morgan fingerprint density at radius 3 is 2.23 bits per heavy atom. The number of rotatable bonds is 7. The molecule has 0 fully saturated rings. The summed E-state index contributed by atoms with van der Waals surface area (Å²) in [5.41, 5.74) is 3.17. The fourth-order valence-electron chi connectivity index (χ4n) is 3.19. The molecule has 3 rings (SSSR count). The summed E-state index contributed by atoms with van der Waals surface area (Å²) in [5, 5.41) is 3.48. The van der Waals surface area contributed by atoms with Crippen molar-refractivity contribution in [1.29, 1.82) is 0 Å². The Kier molecular flexibility index (Phi) is 7.26. The standard InChI is InChI=1S/C25H25ClN2O2/c1-18(2)27-24(29)16-20-9-6-10-23(15-20)28(17-19-7-4-3-5-8-19)25(30)21-11-13-22(26)14-12-21/h3-15,18H,16-17H2,1-2H3,(H,27,29). The summed E-state index contributed by atoms with van der Waals surface area (Å²) >= 11 is 5.99. The van der Waals surface area contributed by atoms with Crippen molar-refractivity contribution in [2.45, 2.75) is 32.9 Å². The van der Waals surface area contributed by atoms with Gasteiger partial charge < -0.3 is 10.2 Å². The molecule has 0 saturated carbocycles. The van der Waals surface area contributed by atoms with Crippen molar-refractivity contribution >= 4 is 29.1 Å². The molecule has 0 spiro atoms. The molecular formula is C25H25ClN2O2. The molecule has 30 heavy (non-hydrogen) atoms. The van der Waals surface area contributed by atoms with E-state index in [9.17, 15) is 9.59 Å². The number of benzene rings is 3. The Hall–Kier alpha value is -3.11. The van der Waals surface area contributed by atoms with E-state index in [0.717, 1.165) is 16.8 Å². The summed E-state index contributed by atoms with van der Waals surface area (Å²) in [5.74, 6) is -0.167. The summed E-state index contributed by atoms with van der Waals surface area (Å²) in [7, 11) is 0. The first kappa shape index (κ1) is 21.6. The predicted octanol–water partition coefficient (Wildman–Crippen LogP) is 5.25. The zero-order valence-electron chi connectivity index (χ0n) is 17.1. The van der Waals surface area contributed by atoms with Crippen molar-refractivity contribution in [1.82, 2.24) is 5.32 Å². The van der Waals surface area contributed by atoms with Gasteiger partial charge in [-0.25, -0.2) is 0 Å². The Bertz CT molecular complexity index is 1000. The average molecular weight is 421 g/mol. The van der Waals surface area contributed by atoms with Gasteiger partial charge in [0.15, 0.2) is 0 Å². The van der Waals surface area contributed by atoms with Gasteiger partial charge >= 0.3 is 0 Å². The zero-order valence-corrected chi connectivity index (χ0v) is 17.9. The van der Waals surface area contributed by atoms with Crippen molar-refractivity contribution < 1.29 is 9.59 Å². The normalized spacial score (nSPS) is 10.7. The maximum atomic E-state index is 13.3. The predicted molar refractivity (Wildman–Crippen MR) is 122 cm³/mol. The number of halogens is 1. The topological polar surface area (TPSA) is 49.4 Å². The molecule has 0 aliphatic heterocycles. The highest BCUT2D eigenvalue weighted by Crippen LogP contribution is 2.23. The molecule has 0 unspecified atom stereocenters. The van der Waals surface area contributed by atoms with Crippen LogP contribution in [0.3, 0.4) is 0 Å². The van der Waals surface area contributed by atoms with E-state index in [0.29, 0.717) is 17.1 Å². The van der Waals surface area contributed by atoms with Crippen molar-refractivity contribution in [2.75, 3.05) is 4.90 Å². The fraction of sp³-hybridized carbons (Fsp3) is 0.200. The fourth-order valence-corrected chi connectivity index (χ4v) is 3.31. The largest absolute Gasteiger partial charge is 0.354 e. The van der Waals surface area contributed by atoms with Crippen LogP contribution >= 0.6 is 11.6 Å². The van der Waals surface area contributed by atoms with Gasteiger partial charge in [-0.3, -0.25) is 9.59 Å². The number of nitrogens with zero attached hydrogens (tertiary/aromatic N) is 1. The minimum absolute atomic E-state index is 0.0409. The van der Waals surface area contributed by atoms with Crippen LogP contribution in [-0.4, -0.2) is 17.9 Å². The van der Waals surface area contributed by atoms with E-state index >= 15 is 0 Å². The van der Waals surface area contributed by atoms with E-state index < -0.39 is 0 Å². The maximum absolute atomic E-state index is 13.3. The first-order valence-corrected chi connectivity index (χ1v) is 10.3. The van der Waals surface area contributed by atoms with E-state index in [1.807, 2.05) is 68.4 Å². The van der Waals surface area contributed by atoms with Crippen LogP contribution in [0.15, 0.2) is 78.9 Å². The molecule has 2 amide bonds. The van der Waals surface area contributed by atoms with Crippen LogP contribution in [0.4, 0.5) is 5.69 Å². The Morgan fingerprint density at radius 2 is 1.57 bits per heavy atom. The highest BCUT2D eigenvalue weighted by atomic mass is 35.5. The van der Waals surface area contributed by atoms with Crippen LogP contribution in [0.2, 0.25) is 5.02 Å². The lowest BCUT2D eigenvalue weighted by Gasteiger charge is -2.24. The summed E-state index contributed by atoms with van der Waals surface area (Å²) in [6.45, 7) is 4.28. The summed E-state index contributed by atoms with van der Waals surface area (Å²) in [6, 6.07) is 24.3. The van der Waals surface area contributed by atoms with E-state index in [4.69, 9.17) is 11.6 Å². The third-order valence-corrected chi connectivity index (χ3v) is 4.81. The molecule has 0 aliphatic carbocycles. The molecule has 154 valence electrons. The third-order valence-electron chi connectivity index (χ3n) is 4.56. The molecule has 3 aromatic carbocycles. The van der Waals surface area contributed by atoms with Gasteiger partial charge in [0.1, 0.15) is 0 Å². The van der Waals surface area contributed by atoms with E-state index in [2.05, 4.69) is 5.32 Å². The van der Waals surface area contributed by atoms with Gasteiger partial charge in [-0.15, -0.1) is 0 Å². The minimum atomic E-state index is -0.126. The lowest BCUT2D eigenvalue weighted by molar-refractivity contribution is -0.120. The highest BCUT2D eigenvalue weighted by Gasteiger charge is 2.19. The van der Waals surface area contributed by atoms with Gasteiger partial charge in [0, 0.05) is 22.3 Å². The second kappa shape index (κ2) is 10.1. The van der Waals surface area contributed by atoms with Crippen LogP contribution < -0.4 is 10.2 Å². The first-order valence-electron chi connectivity index (χ1n) is 9.92. The number of anilines is 1. The SMILES string of the molecule is CC(C)NC(=O)Cc1cccc(N(Cc2ccccc2)C(=O)c2ccc(Cl)cc2)c1. The summed E-state index contributed by atoms with van der Waals surface area (Å²) in [6.07, 6.45) is 0.264. The molecule has 1 N–H and O–H groups in total. The van der Waals surface area contributed by atoms with Crippen molar-refractivity contribution in [3.8, 4) is 0 Å². The summed E-state index contributed by atoms with van der Waals surface area (Å²) < 4.78 is 0. The monoisotopic (exact) mass is 420 g/mol. The lowest BCUT2D eigenvalue weighted by Crippen LogP contribution is -2.32. The number of carbonyl (C=O) groups excluding carboxylic acids is 2. The molecule has 0 bridgehead atoms. The molecule has 4 nitrogen and oxygen atoms in total. The molecule has 0 atom stereocenters. The molecule has 0 aromatic heterocycles. The Balaban J connectivity index is 1.91. The quantitative estimate of drug-likeness (QED) is 0.567. The third kappa shape index (κ3) is 5.94. The van der Waals surface area contributed by atoms with Crippen LogP contribution in [-0.2, 0) is 17.8 Å². The Morgan fingerprint density at radius 1 is 0.900 bits per heavy atom. The molecule has 0 radical (unpaired) electrons. The molecule has 3 aromatic rings. The summed E-state index contributed by atoms with van der Waals surface area (Å²) in [4.78, 5) is 27.2. The average Bonchev–Trinajstić information content (AvgIpc) is 2.72. The second-order valence-corrected chi connectivity index (χ2v) is 7.89. The zero-order chi connectivity index (χ0) is 21.5. The van der Waals surface area contributed by atoms with Crippen LogP contribution in [0, 0.1) is 0 Å². The highest BCUT2D eigenvalue weighted by molar-refractivity contribution is 6.30. The van der Waals surface area contributed by atoms with Crippen LogP contribution in [0.1, 0.15) is 35.3 Å². The van der Waals surface area contributed by atoms with Crippen molar-refractivity contribution in [3.63, 3.8) is 0 Å². The smallest absolute Gasteiger partial charge is 0.258 e. The molecule has 0 aliphatic rings. The van der Waals surface area contributed by atoms with Gasteiger partial charge in [-0.05, 0) is 61.4 Å². The lowest BCUT2D eigenvalue weighted by atomic mass is 10.1. The number of hydrogen-bond acceptors (Lipinski definition) is 2. The second-order valence-electron chi connectivity index (χ2n) is 7.45.